The van der Waals surface area contributed by atoms with E-state index in [1.54, 1.807) is 17.7 Å². The first-order chi connectivity index (χ1) is 12.1. The van der Waals surface area contributed by atoms with Crippen molar-refractivity contribution in [2.75, 3.05) is 5.32 Å². The van der Waals surface area contributed by atoms with Gasteiger partial charge in [-0.1, -0.05) is 46.3 Å². The molecular weight excluding hydrogens is 394 g/mol. The van der Waals surface area contributed by atoms with E-state index in [2.05, 4.69) is 92.9 Å². The number of aryl methyl sites for hydroxylation is 2. The van der Waals surface area contributed by atoms with Gasteiger partial charge in [-0.3, -0.25) is 0 Å². The fourth-order valence-corrected chi connectivity index (χ4v) is 4.12. The Labute approximate surface area is 158 Å². The lowest BCUT2D eigenvalue weighted by molar-refractivity contribution is 1.22. The Morgan fingerprint density at radius 3 is 2.40 bits per heavy atom. The van der Waals surface area contributed by atoms with Crippen LogP contribution in [0.4, 0.5) is 11.5 Å². The molecule has 0 bridgehead atoms. The van der Waals surface area contributed by atoms with Crippen molar-refractivity contribution in [2.24, 2.45) is 0 Å². The number of rotatable bonds is 3. The second-order valence-electron chi connectivity index (χ2n) is 5.95. The molecule has 0 aliphatic carbocycles. The van der Waals surface area contributed by atoms with Crippen molar-refractivity contribution in [2.45, 2.75) is 13.8 Å². The minimum Gasteiger partial charge on any atom is -0.339 e. The van der Waals surface area contributed by atoms with Crippen molar-refractivity contribution in [3.8, 4) is 11.1 Å². The minimum absolute atomic E-state index is 0.849. The Morgan fingerprint density at radius 2 is 1.68 bits per heavy atom. The second-order valence-corrected chi connectivity index (χ2v) is 7.72. The third-order valence-electron chi connectivity index (χ3n) is 4.25. The first-order valence-corrected chi connectivity index (χ1v) is 9.62. The Hall–Kier alpha value is -2.24. The SMILES string of the molecule is Cc1cccc(C)c1Nc1ncnc2scc(-c3ccc(Br)cc3)c12. The highest BCUT2D eigenvalue weighted by Crippen LogP contribution is 2.38. The van der Waals surface area contributed by atoms with Gasteiger partial charge < -0.3 is 5.32 Å². The Balaban J connectivity index is 1.87. The third kappa shape index (κ3) is 3.05. The fourth-order valence-electron chi connectivity index (χ4n) is 2.94. The van der Waals surface area contributed by atoms with Gasteiger partial charge in [-0.15, -0.1) is 11.3 Å². The van der Waals surface area contributed by atoms with E-state index in [0.29, 0.717) is 0 Å². The number of nitrogens with one attached hydrogen (secondary N) is 1. The largest absolute Gasteiger partial charge is 0.339 e. The normalized spacial score (nSPS) is 11.0. The number of benzene rings is 2. The van der Waals surface area contributed by atoms with Gasteiger partial charge in [-0.25, -0.2) is 9.97 Å². The molecule has 0 aliphatic heterocycles. The zero-order valence-corrected chi connectivity index (χ0v) is 16.3. The lowest BCUT2D eigenvalue weighted by Crippen LogP contribution is -1.99. The van der Waals surface area contributed by atoms with Crippen molar-refractivity contribution in [3.05, 3.63) is 69.8 Å². The van der Waals surface area contributed by atoms with Gasteiger partial charge in [0.25, 0.3) is 0 Å². The summed E-state index contributed by atoms with van der Waals surface area (Å²) in [6.07, 6.45) is 1.63. The van der Waals surface area contributed by atoms with Gasteiger partial charge in [-0.05, 0) is 42.7 Å². The minimum atomic E-state index is 0.849. The summed E-state index contributed by atoms with van der Waals surface area (Å²) < 4.78 is 1.07. The number of anilines is 2. The van der Waals surface area contributed by atoms with E-state index < -0.39 is 0 Å². The van der Waals surface area contributed by atoms with E-state index in [9.17, 15) is 0 Å². The molecule has 0 saturated carbocycles. The fraction of sp³-hybridized carbons (Fsp3) is 0.100. The number of para-hydroxylation sites is 1. The summed E-state index contributed by atoms with van der Waals surface area (Å²) in [6, 6.07) is 14.6. The monoisotopic (exact) mass is 409 g/mol. The Morgan fingerprint density at radius 1 is 0.960 bits per heavy atom. The van der Waals surface area contributed by atoms with E-state index >= 15 is 0 Å². The Bertz CT molecular complexity index is 1030. The van der Waals surface area contributed by atoms with E-state index in [4.69, 9.17) is 0 Å². The molecule has 0 atom stereocenters. The maximum absolute atomic E-state index is 4.54. The number of fused-ring (bicyclic) bond motifs is 1. The molecule has 1 N–H and O–H groups in total. The van der Waals surface area contributed by atoms with E-state index in [1.165, 1.54) is 11.1 Å². The molecule has 0 aliphatic rings. The molecule has 0 saturated heterocycles. The average Bonchev–Trinajstić information content (AvgIpc) is 3.04. The number of aromatic nitrogens is 2. The predicted molar refractivity (Wildman–Crippen MR) is 110 cm³/mol. The molecule has 5 heteroatoms. The van der Waals surface area contributed by atoms with Crippen LogP contribution in [0.25, 0.3) is 21.3 Å². The zero-order valence-electron chi connectivity index (χ0n) is 13.9. The van der Waals surface area contributed by atoms with Crippen LogP contribution >= 0.6 is 27.3 Å². The molecule has 3 nitrogen and oxygen atoms in total. The average molecular weight is 410 g/mol. The van der Waals surface area contributed by atoms with Gasteiger partial charge >= 0.3 is 0 Å². The van der Waals surface area contributed by atoms with E-state index in [-0.39, 0.29) is 0 Å². The molecular formula is C20H16BrN3S. The van der Waals surface area contributed by atoms with Crippen LogP contribution in [0.1, 0.15) is 11.1 Å². The van der Waals surface area contributed by atoms with Gasteiger partial charge in [0, 0.05) is 21.1 Å². The molecule has 0 unspecified atom stereocenters. The lowest BCUT2D eigenvalue weighted by Gasteiger charge is -2.13. The summed E-state index contributed by atoms with van der Waals surface area (Å²) in [4.78, 5) is 9.97. The predicted octanol–water partition coefficient (Wildman–Crippen LogP) is 6.48. The summed E-state index contributed by atoms with van der Waals surface area (Å²) >= 11 is 5.14. The van der Waals surface area contributed by atoms with Crippen LogP contribution in [0.5, 0.6) is 0 Å². The van der Waals surface area contributed by atoms with Gasteiger partial charge in [0.2, 0.25) is 0 Å². The summed E-state index contributed by atoms with van der Waals surface area (Å²) in [5.41, 5.74) is 5.82. The first kappa shape index (κ1) is 16.2. The zero-order chi connectivity index (χ0) is 17.4. The van der Waals surface area contributed by atoms with Crippen LogP contribution in [0.3, 0.4) is 0 Å². The van der Waals surface area contributed by atoms with Crippen molar-refractivity contribution in [1.82, 2.24) is 9.97 Å². The molecule has 0 amide bonds. The smallest absolute Gasteiger partial charge is 0.143 e. The second kappa shape index (κ2) is 6.58. The number of nitrogens with zero attached hydrogens (tertiary/aromatic N) is 2. The quantitative estimate of drug-likeness (QED) is 0.420. The van der Waals surface area contributed by atoms with E-state index in [1.807, 2.05) is 0 Å². The van der Waals surface area contributed by atoms with Crippen LogP contribution in [-0.2, 0) is 0 Å². The molecule has 124 valence electrons. The Kier molecular flexibility index (Phi) is 4.27. The topological polar surface area (TPSA) is 37.8 Å². The van der Waals surface area contributed by atoms with Gasteiger partial charge in [0.15, 0.2) is 0 Å². The third-order valence-corrected chi connectivity index (χ3v) is 5.67. The summed E-state index contributed by atoms with van der Waals surface area (Å²) in [6.45, 7) is 4.22. The highest BCUT2D eigenvalue weighted by molar-refractivity contribution is 9.10. The number of hydrogen-bond donors (Lipinski definition) is 1. The van der Waals surface area contributed by atoms with Gasteiger partial charge in [0.1, 0.15) is 17.0 Å². The van der Waals surface area contributed by atoms with Crippen molar-refractivity contribution in [1.29, 1.82) is 0 Å². The summed E-state index contributed by atoms with van der Waals surface area (Å²) in [7, 11) is 0. The first-order valence-electron chi connectivity index (χ1n) is 7.95. The molecule has 0 spiro atoms. The maximum Gasteiger partial charge on any atom is 0.143 e. The highest BCUT2D eigenvalue weighted by atomic mass is 79.9. The molecule has 0 fully saturated rings. The van der Waals surface area contributed by atoms with Crippen molar-refractivity contribution >= 4 is 49.0 Å². The van der Waals surface area contributed by atoms with Gasteiger partial charge in [-0.2, -0.15) is 0 Å². The number of halogens is 1. The van der Waals surface area contributed by atoms with Crippen LogP contribution in [-0.4, -0.2) is 9.97 Å². The standard InChI is InChI=1S/C20H16BrN3S/c1-12-4-3-5-13(2)18(12)24-19-17-16(10-25-20(17)23-11-22-19)14-6-8-15(21)9-7-14/h3-11H,1-2H3,(H,22,23,24). The van der Waals surface area contributed by atoms with Gasteiger partial charge in [0.05, 0.1) is 5.39 Å². The molecule has 4 aromatic rings. The molecule has 2 heterocycles. The highest BCUT2D eigenvalue weighted by Gasteiger charge is 2.14. The molecule has 4 rings (SSSR count). The molecule has 25 heavy (non-hydrogen) atoms. The maximum atomic E-state index is 4.54. The van der Waals surface area contributed by atoms with Crippen LogP contribution in [0.2, 0.25) is 0 Å². The molecule has 0 radical (unpaired) electrons. The number of thiophene rings is 1. The van der Waals surface area contributed by atoms with Crippen molar-refractivity contribution in [3.63, 3.8) is 0 Å². The molecule has 2 aromatic heterocycles. The lowest BCUT2D eigenvalue weighted by atomic mass is 10.1. The summed E-state index contributed by atoms with van der Waals surface area (Å²) in [5, 5.41) is 6.76. The van der Waals surface area contributed by atoms with Crippen LogP contribution in [0, 0.1) is 13.8 Å². The van der Waals surface area contributed by atoms with Crippen LogP contribution in [0.15, 0.2) is 58.6 Å². The van der Waals surface area contributed by atoms with Crippen molar-refractivity contribution < 1.29 is 0 Å². The molecule has 2 aromatic carbocycles. The van der Waals surface area contributed by atoms with E-state index in [0.717, 1.165) is 37.3 Å². The van der Waals surface area contributed by atoms with Crippen LogP contribution < -0.4 is 5.32 Å². The summed E-state index contributed by atoms with van der Waals surface area (Å²) in [5.74, 6) is 0.849. The number of hydrogen-bond acceptors (Lipinski definition) is 4.